The highest BCUT2D eigenvalue weighted by Gasteiger charge is 2.61. The van der Waals surface area contributed by atoms with Crippen LogP contribution in [0.15, 0.2) is 11.6 Å². The minimum atomic E-state index is -1.75. The Balaban J connectivity index is 1.95. The molecule has 2 N–H and O–H groups in total. The second-order valence-corrected chi connectivity index (χ2v) is 7.26. The Morgan fingerprint density at radius 2 is 2.24 bits per heavy atom. The molecule has 1 saturated heterocycles. The van der Waals surface area contributed by atoms with Crippen LogP contribution in [0.1, 0.15) is 39.5 Å². The van der Waals surface area contributed by atoms with E-state index in [1.54, 1.807) is 7.11 Å². The molecule has 1 heterocycles. The lowest BCUT2D eigenvalue weighted by Gasteiger charge is -2.37. The van der Waals surface area contributed by atoms with Gasteiger partial charge in [-0.1, -0.05) is 6.08 Å². The first-order chi connectivity index (χ1) is 9.75. The van der Waals surface area contributed by atoms with Crippen molar-refractivity contribution in [2.24, 2.45) is 11.3 Å². The smallest absolute Gasteiger partial charge is 0.338 e. The topological polar surface area (TPSA) is 76.0 Å². The van der Waals surface area contributed by atoms with Gasteiger partial charge in [0.15, 0.2) is 5.60 Å². The molecule has 5 nitrogen and oxygen atoms in total. The molecule has 2 aliphatic carbocycles. The van der Waals surface area contributed by atoms with Crippen LogP contribution in [-0.2, 0) is 14.3 Å². The number of ether oxygens (including phenoxy) is 2. The van der Waals surface area contributed by atoms with E-state index in [9.17, 15) is 15.0 Å². The molecule has 5 heteroatoms. The van der Waals surface area contributed by atoms with Gasteiger partial charge in [-0.25, -0.2) is 4.79 Å². The molecule has 2 fully saturated rings. The van der Waals surface area contributed by atoms with Gasteiger partial charge in [-0.05, 0) is 51.0 Å². The summed E-state index contributed by atoms with van der Waals surface area (Å²) in [5, 5.41) is 19.9. The molecule has 21 heavy (non-hydrogen) atoms. The maximum Gasteiger partial charge on any atom is 0.338 e. The number of rotatable bonds is 3. The number of hydrogen-bond acceptors (Lipinski definition) is 4. The minimum absolute atomic E-state index is 0.0598. The van der Waals surface area contributed by atoms with E-state index in [1.165, 1.54) is 5.57 Å². The van der Waals surface area contributed by atoms with Gasteiger partial charge >= 0.3 is 5.97 Å². The first-order valence-electron chi connectivity index (χ1n) is 7.58. The molecule has 2 bridgehead atoms. The van der Waals surface area contributed by atoms with Crippen molar-refractivity contribution in [2.75, 3.05) is 13.7 Å². The highest BCUT2D eigenvalue weighted by Crippen LogP contribution is 2.58. The average Bonchev–Trinajstić information content (AvgIpc) is 2.99. The van der Waals surface area contributed by atoms with E-state index in [0.29, 0.717) is 19.4 Å². The third-order valence-corrected chi connectivity index (χ3v) is 5.93. The number of methoxy groups -OCH3 is 1. The van der Waals surface area contributed by atoms with E-state index in [1.807, 2.05) is 13.8 Å². The van der Waals surface area contributed by atoms with Gasteiger partial charge in [-0.2, -0.15) is 0 Å². The number of fused-ring (bicyclic) bond motifs is 1. The lowest BCUT2D eigenvalue weighted by atomic mass is 9.71. The van der Waals surface area contributed by atoms with E-state index in [0.717, 1.165) is 6.42 Å². The van der Waals surface area contributed by atoms with Crippen LogP contribution >= 0.6 is 0 Å². The summed E-state index contributed by atoms with van der Waals surface area (Å²) in [7, 11) is 1.70. The standard InChI is InChI=1S/C16H24O5/c1-14(2,20-3)10-4-6-15-8-12(21-9-15)16(19,13(17)18)7-5-11(10)15/h4,11-12,19H,5-9H2,1-3H3,(H,17,18)/t11-,12+,15+,16+/m0/s1. The van der Waals surface area contributed by atoms with Crippen LogP contribution in [0, 0.1) is 11.3 Å². The highest BCUT2D eigenvalue weighted by atomic mass is 16.5. The predicted octanol–water partition coefficient (Wildman–Crippen LogP) is 1.74. The van der Waals surface area contributed by atoms with Crippen LogP contribution in [0.5, 0.6) is 0 Å². The van der Waals surface area contributed by atoms with Crippen LogP contribution in [0.4, 0.5) is 0 Å². The second kappa shape index (κ2) is 4.54. The Hall–Kier alpha value is -0.910. The summed E-state index contributed by atoms with van der Waals surface area (Å²) in [6.45, 7) is 4.61. The van der Waals surface area contributed by atoms with Crippen molar-refractivity contribution >= 4 is 5.97 Å². The molecule has 1 aliphatic heterocycles. The average molecular weight is 296 g/mol. The summed E-state index contributed by atoms with van der Waals surface area (Å²) in [4.78, 5) is 11.5. The molecule has 0 amide bonds. The van der Waals surface area contributed by atoms with Crippen molar-refractivity contribution < 1.29 is 24.5 Å². The van der Waals surface area contributed by atoms with Crippen LogP contribution in [-0.4, -0.2) is 47.2 Å². The van der Waals surface area contributed by atoms with Crippen molar-refractivity contribution in [1.82, 2.24) is 0 Å². The van der Waals surface area contributed by atoms with Crippen LogP contribution in [0.25, 0.3) is 0 Å². The van der Waals surface area contributed by atoms with Gasteiger partial charge in [-0.3, -0.25) is 0 Å². The fourth-order valence-corrected chi connectivity index (χ4v) is 4.39. The summed E-state index contributed by atoms with van der Waals surface area (Å²) in [5.41, 5.74) is -0.951. The second-order valence-electron chi connectivity index (χ2n) is 7.26. The molecule has 118 valence electrons. The normalized spacial score (nSPS) is 42.4. The monoisotopic (exact) mass is 296 g/mol. The third-order valence-electron chi connectivity index (χ3n) is 5.93. The molecule has 0 aromatic carbocycles. The number of carboxylic acids is 1. The summed E-state index contributed by atoms with van der Waals surface area (Å²) in [6.07, 6.45) is 4.04. The Morgan fingerprint density at radius 3 is 2.86 bits per heavy atom. The fraction of sp³-hybridized carbons (Fsp3) is 0.812. The van der Waals surface area contributed by atoms with E-state index in [-0.39, 0.29) is 23.4 Å². The zero-order valence-electron chi connectivity index (χ0n) is 12.9. The number of carbonyl (C=O) groups is 1. The van der Waals surface area contributed by atoms with Crippen LogP contribution in [0.2, 0.25) is 0 Å². The fourth-order valence-electron chi connectivity index (χ4n) is 4.39. The van der Waals surface area contributed by atoms with E-state index in [2.05, 4.69) is 6.08 Å². The summed E-state index contributed by atoms with van der Waals surface area (Å²) >= 11 is 0. The quantitative estimate of drug-likeness (QED) is 0.776. The molecule has 0 radical (unpaired) electrons. The van der Waals surface area contributed by atoms with E-state index in [4.69, 9.17) is 9.47 Å². The van der Waals surface area contributed by atoms with E-state index >= 15 is 0 Å². The van der Waals surface area contributed by atoms with Crippen molar-refractivity contribution in [3.05, 3.63) is 11.6 Å². The van der Waals surface area contributed by atoms with Gasteiger partial charge in [-0.15, -0.1) is 0 Å². The molecule has 4 atom stereocenters. The van der Waals surface area contributed by atoms with Crippen molar-refractivity contribution in [2.45, 2.75) is 56.8 Å². The molecule has 0 aromatic rings. The molecule has 1 saturated carbocycles. The first kappa shape index (κ1) is 15.0. The number of hydrogen-bond donors (Lipinski definition) is 2. The zero-order chi connectivity index (χ0) is 15.5. The Bertz CT molecular complexity index is 497. The SMILES string of the molecule is COC(C)(C)C1=CC[C@]23CO[C@H](C2)[C@@](O)(C(=O)O)CC[C@@H]13. The third kappa shape index (κ3) is 1.98. The maximum atomic E-state index is 11.5. The Morgan fingerprint density at radius 1 is 1.52 bits per heavy atom. The highest BCUT2D eigenvalue weighted by molar-refractivity contribution is 5.78. The van der Waals surface area contributed by atoms with Crippen molar-refractivity contribution in [1.29, 1.82) is 0 Å². The molecule has 3 rings (SSSR count). The molecular formula is C16H24O5. The minimum Gasteiger partial charge on any atom is -0.479 e. The lowest BCUT2D eigenvalue weighted by molar-refractivity contribution is -0.175. The summed E-state index contributed by atoms with van der Waals surface area (Å²) in [5.74, 6) is -0.938. The molecule has 1 spiro atoms. The largest absolute Gasteiger partial charge is 0.479 e. The zero-order valence-corrected chi connectivity index (χ0v) is 12.9. The molecule has 0 unspecified atom stereocenters. The Kier molecular flexibility index (Phi) is 3.24. The first-order valence-corrected chi connectivity index (χ1v) is 7.58. The predicted molar refractivity (Wildman–Crippen MR) is 75.9 cm³/mol. The number of carboxylic acid groups (broad SMARTS) is 1. The maximum absolute atomic E-state index is 11.5. The van der Waals surface area contributed by atoms with Gasteiger partial charge in [0.1, 0.15) is 0 Å². The molecular weight excluding hydrogens is 272 g/mol. The summed E-state index contributed by atoms with van der Waals surface area (Å²) in [6, 6.07) is 0. The van der Waals surface area contributed by atoms with Crippen LogP contribution < -0.4 is 0 Å². The number of aliphatic carboxylic acids is 1. The van der Waals surface area contributed by atoms with E-state index < -0.39 is 17.7 Å². The number of allylic oxidation sites excluding steroid dienone is 1. The van der Waals surface area contributed by atoms with Gasteiger partial charge in [0.2, 0.25) is 0 Å². The van der Waals surface area contributed by atoms with Gasteiger partial charge in [0.25, 0.3) is 0 Å². The number of aliphatic hydroxyl groups is 1. The van der Waals surface area contributed by atoms with Gasteiger partial charge in [0.05, 0.1) is 18.3 Å². The molecule has 3 aliphatic rings. The molecule has 0 aromatic heterocycles. The Labute approximate surface area is 124 Å². The van der Waals surface area contributed by atoms with Crippen molar-refractivity contribution in [3.63, 3.8) is 0 Å². The van der Waals surface area contributed by atoms with Gasteiger partial charge in [0, 0.05) is 12.5 Å². The van der Waals surface area contributed by atoms with Crippen molar-refractivity contribution in [3.8, 4) is 0 Å². The lowest BCUT2D eigenvalue weighted by Crippen LogP contribution is -2.49. The van der Waals surface area contributed by atoms with Gasteiger partial charge < -0.3 is 19.7 Å². The summed E-state index contributed by atoms with van der Waals surface area (Å²) < 4.78 is 11.4. The van der Waals surface area contributed by atoms with Crippen LogP contribution in [0.3, 0.4) is 0 Å².